The molecule has 1 aromatic rings. The van der Waals surface area contributed by atoms with Crippen LogP contribution in [-0.4, -0.2) is 110 Å². The summed E-state index contributed by atoms with van der Waals surface area (Å²) in [6.07, 6.45) is 0.658. The lowest BCUT2D eigenvalue weighted by molar-refractivity contribution is -0.173. The first-order chi connectivity index (χ1) is 20.4. The third-order valence-electron chi connectivity index (χ3n) is 6.79. The minimum Gasteiger partial charge on any atom is -0.445 e. The molecule has 2 unspecified atom stereocenters. The second-order valence-corrected chi connectivity index (χ2v) is 12.8. The van der Waals surface area contributed by atoms with E-state index in [1.165, 1.54) is 22.0 Å². The molecule has 3 aliphatic heterocycles. The van der Waals surface area contributed by atoms with Gasteiger partial charge in [-0.3, -0.25) is 19.3 Å². The smallest absolute Gasteiger partial charge is 0.410 e. The number of aromatic nitrogens is 1. The predicted molar refractivity (Wildman–Crippen MR) is 152 cm³/mol. The molecule has 0 radical (unpaired) electrons. The van der Waals surface area contributed by atoms with Gasteiger partial charge in [-0.1, -0.05) is 5.16 Å². The minimum absolute atomic E-state index is 0.0157. The lowest BCUT2D eigenvalue weighted by Gasteiger charge is -2.49. The number of aliphatic hydroxyl groups excluding tert-OH is 1. The van der Waals surface area contributed by atoms with Crippen LogP contribution in [0.1, 0.15) is 39.3 Å². The standard InChI is InChI=1S/C25H32N6O10S2/c1-25(2,3)22(36)41-11-40-21(35)17-12(8-39-24(37)30-6-4-5-13(30)7-32)9-42-20-16(19(34)31(17)20)28-18(33)15(29-38)14-10-43-23(26)27-14/h10,13,16,20,32,38H,4-9,11H2,1-3H3,(H2,26,27)(H,28,33)/b29-15-/t13-,16?,20?/m0/s1. The Morgan fingerprint density at radius 3 is 2.60 bits per heavy atom. The fourth-order valence-electron chi connectivity index (χ4n) is 4.52. The number of thioether (sulfide) groups is 1. The van der Waals surface area contributed by atoms with Crippen LogP contribution in [0.5, 0.6) is 0 Å². The van der Waals surface area contributed by atoms with Gasteiger partial charge in [-0.15, -0.1) is 23.1 Å². The summed E-state index contributed by atoms with van der Waals surface area (Å²) in [4.78, 5) is 70.6. The van der Waals surface area contributed by atoms with Crippen LogP contribution in [0.3, 0.4) is 0 Å². The van der Waals surface area contributed by atoms with Crippen LogP contribution in [0.4, 0.5) is 9.93 Å². The van der Waals surface area contributed by atoms with E-state index >= 15 is 0 Å². The zero-order chi connectivity index (χ0) is 31.5. The molecule has 0 aliphatic carbocycles. The van der Waals surface area contributed by atoms with Crippen molar-refractivity contribution < 1.29 is 48.5 Å². The average Bonchev–Trinajstić information content (AvgIpc) is 3.62. The van der Waals surface area contributed by atoms with Crippen LogP contribution >= 0.6 is 23.1 Å². The number of oxime groups is 1. The Bertz CT molecular complexity index is 1360. The van der Waals surface area contributed by atoms with Crippen molar-refractivity contribution in [3.8, 4) is 0 Å². The number of ether oxygens (including phenoxy) is 3. The number of nitrogens with two attached hydrogens (primary N) is 1. The molecular formula is C25H32N6O10S2. The van der Waals surface area contributed by atoms with Gasteiger partial charge in [-0.2, -0.15) is 0 Å². The number of aliphatic hydroxyl groups is 1. The van der Waals surface area contributed by atoms with Gasteiger partial charge in [-0.05, 0) is 33.6 Å². The molecule has 0 spiro atoms. The van der Waals surface area contributed by atoms with Crippen LogP contribution < -0.4 is 11.1 Å². The van der Waals surface area contributed by atoms with E-state index in [9.17, 15) is 34.3 Å². The van der Waals surface area contributed by atoms with Gasteiger partial charge in [0.15, 0.2) is 10.8 Å². The molecule has 3 atom stereocenters. The summed E-state index contributed by atoms with van der Waals surface area (Å²) in [6, 6.07) is -1.48. The zero-order valence-electron chi connectivity index (χ0n) is 23.6. The minimum atomic E-state index is -1.11. The van der Waals surface area contributed by atoms with Gasteiger partial charge in [0.2, 0.25) is 6.79 Å². The number of β-lactam (4-membered cyclic amide) rings is 1. The van der Waals surface area contributed by atoms with E-state index in [-0.39, 0.29) is 47.1 Å². The SMILES string of the molecule is CC(C)(C)C(=O)OCOC(=O)C1=C(COC(=O)N2CCC[C@H]2CO)CSC2C(NC(=O)/C(=N\O)c3csc(N)n3)C(=O)N12. The number of fused-ring (bicyclic) bond motifs is 1. The number of nitrogens with zero attached hydrogens (tertiary/aromatic N) is 4. The van der Waals surface area contributed by atoms with Crippen LogP contribution in [0.2, 0.25) is 0 Å². The third-order valence-corrected chi connectivity index (χ3v) is 8.81. The van der Waals surface area contributed by atoms with Crippen molar-refractivity contribution in [1.82, 2.24) is 20.1 Å². The molecule has 234 valence electrons. The maximum absolute atomic E-state index is 13.3. The first-order valence-electron chi connectivity index (χ1n) is 13.2. The number of anilines is 1. The van der Waals surface area contributed by atoms with Gasteiger partial charge in [0.05, 0.1) is 18.1 Å². The maximum Gasteiger partial charge on any atom is 0.410 e. The van der Waals surface area contributed by atoms with Crippen molar-refractivity contribution in [3.05, 3.63) is 22.3 Å². The van der Waals surface area contributed by atoms with Crippen LogP contribution in [-0.2, 0) is 33.4 Å². The number of esters is 2. The van der Waals surface area contributed by atoms with Gasteiger partial charge < -0.3 is 40.5 Å². The monoisotopic (exact) mass is 640 g/mol. The molecule has 2 saturated heterocycles. The number of rotatable bonds is 9. The van der Waals surface area contributed by atoms with Gasteiger partial charge in [0.25, 0.3) is 11.8 Å². The predicted octanol–water partition coefficient (Wildman–Crippen LogP) is 0.241. The van der Waals surface area contributed by atoms with Crippen molar-refractivity contribution in [2.75, 3.05) is 38.0 Å². The number of hydrogen-bond donors (Lipinski definition) is 4. The quantitative estimate of drug-likeness (QED) is 0.0710. The molecule has 1 aromatic heterocycles. The Kier molecular flexibility index (Phi) is 9.81. The molecular weight excluding hydrogens is 608 g/mol. The second kappa shape index (κ2) is 13.2. The molecule has 0 aromatic carbocycles. The number of carbonyl (C=O) groups excluding carboxylic acids is 5. The Morgan fingerprint density at radius 2 is 1.98 bits per heavy atom. The van der Waals surface area contributed by atoms with Crippen LogP contribution in [0.25, 0.3) is 0 Å². The molecule has 0 bridgehead atoms. The molecule has 18 heteroatoms. The maximum atomic E-state index is 13.3. The van der Waals surface area contributed by atoms with E-state index in [4.69, 9.17) is 19.9 Å². The Balaban J connectivity index is 1.50. The number of nitrogen functional groups attached to an aromatic ring is 1. The molecule has 2 fully saturated rings. The fourth-order valence-corrected chi connectivity index (χ4v) is 6.40. The molecule has 4 heterocycles. The number of nitrogens with one attached hydrogen (secondary N) is 1. The summed E-state index contributed by atoms with van der Waals surface area (Å²) in [5.74, 6) is -3.06. The lowest BCUT2D eigenvalue weighted by atomic mass is 9.98. The average molecular weight is 641 g/mol. The summed E-state index contributed by atoms with van der Waals surface area (Å²) >= 11 is 2.22. The van der Waals surface area contributed by atoms with Gasteiger partial charge >= 0.3 is 18.0 Å². The molecule has 5 N–H and O–H groups in total. The van der Waals surface area contributed by atoms with Crippen molar-refractivity contribution in [2.24, 2.45) is 10.6 Å². The Morgan fingerprint density at radius 1 is 1.23 bits per heavy atom. The summed E-state index contributed by atoms with van der Waals surface area (Å²) < 4.78 is 15.6. The topological polar surface area (TPSA) is 223 Å². The molecule has 0 saturated carbocycles. The fraction of sp³-hybridized carbons (Fsp3) is 0.560. The van der Waals surface area contributed by atoms with Crippen molar-refractivity contribution >= 4 is 63.8 Å². The lowest BCUT2D eigenvalue weighted by Crippen LogP contribution is -2.71. The van der Waals surface area contributed by atoms with Crippen molar-refractivity contribution in [1.29, 1.82) is 0 Å². The van der Waals surface area contributed by atoms with Crippen molar-refractivity contribution in [2.45, 2.75) is 51.1 Å². The van der Waals surface area contributed by atoms with Gasteiger partial charge in [0, 0.05) is 23.3 Å². The van der Waals surface area contributed by atoms with Crippen LogP contribution in [0.15, 0.2) is 21.8 Å². The highest BCUT2D eigenvalue weighted by Crippen LogP contribution is 2.41. The molecule has 3 aliphatic rings. The third kappa shape index (κ3) is 6.86. The number of thiazole rings is 1. The van der Waals surface area contributed by atoms with Gasteiger partial charge in [0.1, 0.15) is 29.4 Å². The van der Waals surface area contributed by atoms with Crippen LogP contribution in [0, 0.1) is 5.41 Å². The van der Waals surface area contributed by atoms with Gasteiger partial charge in [-0.25, -0.2) is 14.6 Å². The highest BCUT2D eigenvalue weighted by molar-refractivity contribution is 8.00. The Hall–Kier alpha value is -3.90. The van der Waals surface area contributed by atoms with E-state index in [0.717, 1.165) is 16.2 Å². The normalized spacial score (nSPS) is 22.1. The largest absolute Gasteiger partial charge is 0.445 e. The summed E-state index contributed by atoms with van der Waals surface area (Å²) in [6.45, 7) is 4.00. The number of hydrogen-bond acceptors (Lipinski definition) is 15. The highest BCUT2D eigenvalue weighted by atomic mass is 32.2. The first-order valence-corrected chi connectivity index (χ1v) is 15.1. The summed E-state index contributed by atoms with van der Waals surface area (Å²) in [5, 5.41) is 25.2. The highest BCUT2D eigenvalue weighted by Gasteiger charge is 2.55. The Labute approximate surface area is 254 Å². The van der Waals surface area contributed by atoms with E-state index in [0.29, 0.717) is 19.4 Å². The number of amides is 3. The second-order valence-electron chi connectivity index (χ2n) is 10.8. The molecule has 16 nitrogen and oxygen atoms in total. The van der Waals surface area contributed by atoms with E-state index in [1.807, 2.05) is 0 Å². The molecule has 3 amide bonds. The number of carbonyl (C=O) groups is 5. The molecule has 4 rings (SSSR count). The van der Waals surface area contributed by atoms with Crippen molar-refractivity contribution in [3.63, 3.8) is 0 Å². The zero-order valence-corrected chi connectivity index (χ0v) is 25.2. The van der Waals surface area contributed by atoms with E-state index in [1.54, 1.807) is 20.8 Å². The summed E-state index contributed by atoms with van der Waals surface area (Å²) in [5.41, 5.74) is 4.36. The first kappa shape index (κ1) is 32.0. The summed E-state index contributed by atoms with van der Waals surface area (Å²) in [7, 11) is 0. The molecule has 43 heavy (non-hydrogen) atoms. The van der Waals surface area contributed by atoms with E-state index in [2.05, 4.69) is 15.5 Å². The number of likely N-dealkylation sites (tertiary alicyclic amines) is 1. The van der Waals surface area contributed by atoms with E-state index < -0.39 is 59.2 Å².